The minimum atomic E-state index is 0. The Balaban J connectivity index is 0.00000729. The molecule has 0 aromatic heterocycles. The molecule has 0 bridgehead atoms. The Morgan fingerprint density at radius 1 is 0.679 bits per heavy atom. The van der Waals surface area contributed by atoms with Gasteiger partial charge in [-0.3, -0.25) is 0 Å². The van der Waals surface area contributed by atoms with Crippen LogP contribution in [0.3, 0.4) is 0 Å². The standard InChI is InChI=1S/C25H51NO.ClH/c1-4-7-8-9-10-11-12-13-14-15-16-17-18-19-20-21-24(22-25-23-27-25)26(5-2)6-3;/h24-25H,4-23H2,1-3H3;1H. The van der Waals surface area contributed by atoms with Crippen molar-refractivity contribution in [2.24, 2.45) is 0 Å². The van der Waals surface area contributed by atoms with E-state index in [0.29, 0.717) is 6.10 Å². The Morgan fingerprint density at radius 2 is 1.07 bits per heavy atom. The number of epoxide rings is 1. The van der Waals surface area contributed by atoms with Crippen molar-refractivity contribution in [3.8, 4) is 0 Å². The summed E-state index contributed by atoms with van der Waals surface area (Å²) in [6, 6.07) is 0.759. The van der Waals surface area contributed by atoms with E-state index in [0.717, 1.165) is 12.6 Å². The van der Waals surface area contributed by atoms with Crippen LogP contribution in [0.4, 0.5) is 0 Å². The van der Waals surface area contributed by atoms with E-state index < -0.39 is 0 Å². The maximum absolute atomic E-state index is 5.48. The molecule has 0 radical (unpaired) electrons. The molecule has 0 aliphatic carbocycles. The quantitative estimate of drug-likeness (QED) is 0.138. The number of rotatable bonds is 21. The van der Waals surface area contributed by atoms with Crippen LogP contribution in [0.1, 0.15) is 130 Å². The Kier molecular flexibility index (Phi) is 20.6. The van der Waals surface area contributed by atoms with Gasteiger partial charge in [-0.05, 0) is 25.9 Å². The van der Waals surface area contributed by atoms with Crippen molar-refractivity contribution in [2.45, 2.75) is 142 Å². The van der Waals surface area contributed by atoms with E-state index >= 15 is 0 Å². The third-order valence-corrected chi connectivity index (χ3v) is 6.41. The summed E-state index contributed by atoms with van der Waals surface area (Å²) < 4.78 is 5.48. The third-order valence-electron chi connectivity index (χ3n) is 6.41. The summed E-state index contributed by atoms with van der Waals surface area (Å²) in [5.74, 6) is 0. The second-order valence-electron chi connectivity index (χ2n) is 8.80. The van der Waals surface area contributed by atoms with Crippen molar-refractivity contribution in [2.75, 3.05) is 19.7 Å². The highest BCUT2D eigenvalue weighted by molar-refractivity contribution is 5.85. The van der Waals surface area contributed by atoms with Gasteiger partial charge in [0.25, 0.3) is 0 Å². The zero-order valence-corrected chi connectivity index (χ0v) is 20.4. The number of hydrogen-bond donors (Lipinski definition) is 0. The predicted octanol–water partition coefficient (Wildman–Crippen LogP) is 8.17. The van der Waals surface area contributed by atoms with Crippen LogP contribution in [0, 0.1) is 0 Å². The number of unbranched alkanes of at least 4 members (excludes halogenated alkanes) is 14. The van der Waals surface area contributed by atoms with Gasteiger partial charge in [-0.1, -0.05) is 117 Å². The minimum Gasteiger partial charge on any atom is -0.373 e. The van der Waals surface area contributed by atoms with E-state index in [9.17, 15) is 0 Å². The third kappa shape index (κ3) is 16.1. The highest BCUT2D eigenvalue weighted by atomic mass is 35.5. The maximum atomic E-state index is 5.48. The number of nitrogens with zero attached hydrogens (tertiary/aromatic N) is 1. The van der Waals surface area contributed by atoms with Crippen LogP contribution in [0.25, 0.3) is 0 Å². The first-order valence-electron chi connectivity index (χ1n) is 12.7. The lowest BCUT2D eigenvalue weighted by atomic mass is 10.00. The van der Waals surface area contributed by atoms with Crippen LogP contribution in [0.2, 0.25) is 0 Å². The molecule has 3 heteroatoms. The zero-order valence-electron chi connectivity index (χ0n) is 19.6. The summed E-state index contributed by atoms with van der Waals surface area (Å²) in [6.07, 6.45) is 25.0. The first-order chi connectivity index (χ1) is 13.3. The molecule has 1 aliphatic heterocycles. The largest absolute Gasteiger partial charge is 0.373 e. The van der Waals surface area contributed by atoms with Gasteiger partial charge in [-0.2, -0.15) is 0 Å². The molecule has 0 spiro atoms. The van der Waals surface area contributed by atoms with Gasteiger partial charge in [0.05, 0.1) is 12.7 Å². The molecule has 28 heavy (non-hydrogen) atoms. The molecule has 0 aromatic rings. The van der Waals surface area contributed by atoms with Crippen LogP contribution in [-0.2, 0) is 4.74 Å². The van der Waals surface area contributed by atoms with Gasteiger partial charge < -0.3 is 9.64 Å². The lowest BCUT2D eigenvalue weighted by Crippen LogP contribution is -2.36. The molecule has 2 nitrogen and oxygen atoms in total. The van der Waals surface area contributed by atoms with Gasteiger partial charge in [0, 0.05) is 6.04 Å². The molecule has 1 aliphatic rings. The van der Waals surface area contributed by atoms with Crippen LogP contribution in [-0.4, -0.2) is 36.7 Å². The Bertz CT molecular complexity index is 305. The van der Waals surface area contributed by atoms with Crippen molar-refractivity contribution in [1.82, 2.24) is 4.90 Å². The highest BCUT2D eigenvalue weighted by Crippen LogP contribution is 2.23. The Hall–Kier alpha value is 0.210. The average Bonchev–Trinajstić information content (AvgIpc) is 3.49. The molecular formula is C25H52ClNO. The summed E-state index contributed by atoms with van der Waals surface area (Å²) in [6.45, 7) is 10.3. The van der Waals surface area contributed by atoms with Gasteiger partial charge in [0.1, 0.15) is 0 Å². The molecule has 2 unspecified atom stereocenters. The van der Waals surface area contributed by atoms with Crippen molar-refractivity contribution in [1.29, 1.82) is 0 Å². The van der Waals surface area contributed by atoms with Crippen molar-refractivity contribution in [3.63, 3.8) is 0 Å². The first kappa shape index (κ1) is 28.2. The smallest absolute Gasteiger partial charge is 0.0824 e. The fraction of sp³-hybridized carbons (Fsp3) is 1.00. The van der Waals surface area contributed by atoms with Crippen LogP contribution in [0.5, 0.6) is 0 Å². The summed E-state index contributed by atoms with van der Waals surface area (Å²) in [5.41, 5.74) is 0. The molecule has 1 rings (SSSR count). The molecule has 0 aromatic carbocycles. The number of hydrogen-bond acceptors (Lipinski definition) is 2. The highest BCUT2D eigenvalue weighted by Gasteiger charge is 2.28. The molecule has 2 atom stereocenters. The normalized spacial score (nSPS) is 16.9. The van der Waals surface area contributed by atoms with E-state index in [1.165, 1.54) is 122 Å². The van der Waals surface area contributed by atoms with E-state index in [1.807, 2.05) is 0 Å². The average molecular weight is 418 g/mol. The molecule has 0 saturated carbocycles. The van der Waals surface area contributed by atoms with Crippen molar-refractivity contribution < 1.29 is 4.74 Å². The molecule has 0 amide bonds. The Morgan fingerprint density at radius 3 is 1.43 bits per heavy atom. The lowest BCUT2D eigenvalue weighted by Gasteiger charge is -2.29. The van der Waals surface area contributed by atoms with Gasteiger partial charge in [0.15, 0.2) is 0 Å². The molecule has 170 valence electrons. The molecule has 0 N–H and O–H groups in total. The van der Waals surface area contributed by atoms with E-state index in [1.54, 1.807) is 0 Å². The SMILES string of the molecule is CCCCCCCCCCCCCCCCCC(CC1CO1)N(CC)CC.Cl. The van der Waals surface area contributed by atoms with E-state index in [-0.39, 0.29) is 12.4 Å². The van der Waals surface area contributed by atoms with Gasteiger partial charge in [-0.15, -0.1) is 12.4 Å². The minimum absolute atomic E-state index is 0. The molecular weight excluding hydrogens is 366 g/mol. The van der Waals surface area contributed by atoms with Crippen molar-refractivity contribution >= 4 is 12.4 Å². The van der Waals surface area contributed by atoms with E-state index in [4.69, 9.17) is 4.74 Å². The summed E-state index contributed by atoms with van der Waals surface area (Å²) in [5, 5.41) is 0. The van der Waals surface area contributed by atoms with Crippen LogP contribution in [0.15, 0.2) is 0 Å². The number of ether oxygens (including phenoxy) is 1. The maximum Gasteiger partial charge on any atom is 0.0824 e. The van der Waals surface area contributed by atoms with Crippen LogP contribution < -0.4 is 0 Å². The monoisotopic (exact) mass is 417 g/mol. The van der Waals surface area contributed by atoms with Gasteiger partial charge in [-0.25, -0.2) is 0 Å². The van der Waals surface area contributed by atoms with Crippen LogP contribution >= 0.6 is 12.4 Å². The summed E-state index contributed by atoms with van der Waals surface area (Å²) in [4.78, 5) is 2.64. The zero-order chi connectivity index (χ0) is 19.6. The summed E-state index contributed by atoms with van der Waals surface area (Å²) in [7, 11) is 0. The Labute approximate surface area is 184 Å². The molecule has 1 heterocycles. The summed E-state index contributed by atoms with van der Waals surface area (Å²) >= 11 is 0. The predicted molar refractivity (Wildman–Crippen MR) is 128 cm³/mol. The van der Waals surface area contributed by atoms with Gasteiger partial charge in [0.2, 0.25) is 0 Å². The second-order valence-corrected chi connectivity index (χ2v) is 8.80. The first-order valence-corrected chi connectivity index (χ1v) is 12.7. The molecule has 1 fully saturated rings. The second kappa shape index (κ2) is 20.5. The fourth-order valence-corrected chi connectivity index (χ4v) is 4.45. The number of halogens is 1. The van der Waals surface area contributed by atoms with E-state index in [2.05, 4.69) is 25.7 Å². The topological polar surface area (TPSA) is 15.8 Å². The fourth-order valence-electron chi connectivity index (χ4n) is 4.45. The van der Waals surface area contributed by atoms with Crippen molar-refractivity contribution in [3.05, 3.63) is 0 Å². The molecule has 1 saturated heterocycles. The lowest BCUT2D eigenvalue weighted by molar-refractivity contribution is 0.179. The van der Waals surface area contributed by atoms with Gasteiger partial charge >= 0.3 is 0 Å².